The number of nitrogens with zero attached hydrogens (tertiary/aromatic N) is 2. The summed E-state index contributed by atoms with van der Waals surface area (Å²) in [5.41, 5.74) is 1.76. The molecule has 4 rings (SSSR count). The van der Waals surface area contributed by atoms with E-state index >= 15 is 0 Å². The number of ketones is 1. The molecule has 0 atom stereocenters. The maximum absolute atomic E-state index is 12.6. The second-order valence-electron chi connectivity index (χ2n) is 7.78. The number of carbonyl (C=O) groups is 2. The van der Waals surface area contributed by atoms with Crippen LogP contribution in [0.2, 0.25) is 0 Å². The number of piperazine rings is 1. The van der Waals surface area contributed by atoms with Gasteiger partial charge in [-0.15, -0.1) is 0 Å². The molecular weight excluding hydrogens is 392 g/mol. The molecule has 2 heterocycles. The smallest absolute Gasteiger partial charge is 0.223 e. The first-order chi connectivity index (χ1) is 15.2. The lowest BCUT2D eigenvalue weighted by molar-refractivity contribution is -0.132. The third-order valence-corrected chi connectivity index (χ3v) is 5.63. The van der Waals surface area contributed by atoms with Gasteiger partial charge in [0, 0.05) is 51.1 Å². The molecule has 0 bridgehead atoms. The first-order valence-electron chi connectivity index (χ1n) is 10.8. The highest BCUT2D eigenvalue weighted by molar-refractivity contribution is 5.98. The number of fused-ring (bicyclic) bond motifs is 1. The van der Waals surface area contributed by atoms with Crippen LogP contribution in [0.15, 0.2) is 54.6 Å². The summed E-state index contributed by atoms with van der Waals surface area (Å²) in [6.07, 6.45) is 4.74. The summed E-state index contributed by atoms with van der Waals surface area (Å²) < 4.78 is 11.0. The van der Waals surface area contributed by atoms with Crippen molar-refractivity contribution >= 4 is 17.8 Å². The van der Waals surface area contributed by atoms with Crippen LogP contribution in [-0.2, 0) is 4.79 Å². The van der Waals surface area contributed by atoms with Crippen LogP contribution in [0.1, 0.15) is 28.8 Å². The number of carbonyl (C=O) groups excluding carboxylic acids is 2. The van der Waals surface area contributed by atoms with Gasteiger partial charge >= 0.3 is 0 Å². The van der Waals surface area contributed by atoms with Crippen molar-refractivity contribution in [3.8, 4) is 11.5 Å². The van der Waals surface area contributed by atoms with Crippen LogP contribution in [0.4, 0.5) is 0 Å². The fourth-order valence-electron chi connectivity index (χ4n) is 3.82. The lowest BCUT2D eigenvalue weighted by atomic mass is 10.1. The van der Waals surface area contributed by atoms with Crippen molar-refractivity contribution in [2.75, 3.05) is 45.9 Å². The molecule has 1 saturated heterocycles. The summed E-state index contributed by atoms with van der Waals surface area (Å²) in [5, 5.41) is 0. The van der Waals surface area contributed by atoms with E-state index in [0.717, 1.165) is 19.6 Å². The average molecular weight is 421 g/mol. The van der Waals surface area contributed by atoms with Gasteiger partial charge in [0.05, 0.1) is 0 Å². The number of hydrogen-bond acceptors (Lipinski definition) is 5. The molecule has 0 aromatic heterocycles. The molecule has 2 aromatic carbocycles. The van der Waals surface area contributed by atoms with Crippen molar-refractivity contribution < 1.29 is 19.1 Å². The summed E-state index contributed by atoms with van der Waals surface area (Å²) in [7, 11) is 0. The van der Waals surface area contributed by atoms with Crippen LogP contribution in [-0.4, -0.2) is 67.4 Å². The minimum Gasteiger partial charge on any atom is -0.486 e. The van der Waals surface area contributed by atoms with Gasteiger partial charge in [-0.05, 0) is 23.8 Å². The molecule has 0 N–H and O–H groups in total. The molecule has 0 radical (unpaired) electrons. The zero-order valence-corrected chi connectivity index (χ0v) is 17.7. The molecule has 2 aliphatic rings. The third-order valence-electron chi connectivity index (χ3n) is 5.63. The lowest BCUT2D eigenvalue weighted by Crippen LogP contribution is -2.48. The molecule has 6 heteroatoms. The average Bonchev–Trinajstić information content (AvgIpc) is 2.83. The van der Waals surface area contributed by atoms with E-state index in [1.54, 1.807) is 18.2 Å². The van der Waals surface area contributed by atoms with Crippen LogP contribution >= 0.6 is 0 Å². The molecule has 0 aliphatic carbocycles. The van der Waals surface area contributed by atoms with Crippen molar-refractivity contribution in [2.24, 2.45) is 0 Å². The Morgan fingerprint density at radius 3 is 2.39 bits per heavy atom. The third kappa shape index (κ3) is 5.73. The Hall–Kier alpha value is -3.12. The van der Waals surface area contributed by atoms with Gasteiger partial charge < -0.3 is 14.4 Å². The minimum absolute atomic E-state index is 0.0463. The molecule has 2 aromatic rings. The maximum Gasteiger partial charge on any atom is 0.223 e. The Kier molecular flexibility index (Phi) is 6.99. The summed E-state index contributed by atoms with van der Waals surface area (Å²) in [6, 6.07) is 15.4. The van der Waals surface area contributed by atoms with Crippen LogP contribution in [0.5, 0.6) is 11.5 Å². The molecule has 1 fully saturated rings. The summed E-state index contributed by atoms with van der Waals surface area (Å²) in [4.78, 5) is 29.3. The monoisotopic (exact) mass is 420 g/mol. The molecule has 0 unspecified atom stereocenters. The first-order valence-corrected chi connectivity index (χ1v) is 10.8. The normalized spacial score (nSPS) is 16.5. The Bertz CT molecular complexity index is 934. The van der Waals surface area contributed by atoms with E-state index in [9.17, 15) is 9.59 Å². The lowest BCUT2D eigenvalue weighted by Gasteiger charge is -2.34. The van der Waals surface area contributed by atoms with Gasteiger partial charge in [-0.3, -0.25) is 14.5 Å². The van der Waals surface area contributed by atoms with E-state index in [2.05, 4.69) is 29.2 Å². The van der Waals surface area contributed by atoms with Gasteiger partial charge in [-0.25, -0.2) is 0 Å². The number of amides is 1. The van der Waals surface area contributed by atoms with Gasteiger partial charge in [0.2, 0.25) is 5.91 Å². The second-order valence-corrected chi connectivity index (χ2v) is 7.78. The van der Waals surface area contributed by atoms with E-state index in [0.29, 0.717) is 43.4 Å². The van der Waals surface area contributed by atoms with Crippen molar-refractivity contribution in [1.82, 2.24) is 9.80 Å². The molecule has 2 aliphatic heterocycles. The van der Waals surface area contributed by atoms with E-state index in [4.69, 9.17) is 9.47 Å². The summed E-state index contributed by atoms with van der Waals surface area (Å²) in [6.45, 7) is 4.98. The van der Waals surface area contributed by atoms with Crippen molar-refractivity contribution in [2.45, 2.75) is 12.8 Å². The zero-order chi connectivity index (χ0) is 21.5. The van der Waals surface area contributed by atoms with Crippen LogP contribution in [0, 0.1) is 0 Å². The van der Waals surface area contributed by atoms with Crippen LogP contribution in [0.25, 0.3) is 6.08 Å². The number of rotatable bonds is 7. The van der Waals surface area contributed by atoms with Gasteiger partial charge in [0.1, 0.15) is 13.2 Å². The SMILES string of the molecule is O=C(CCC(=O)N1CCN(C/C=C/c2ccccc2)CC1)c1ccc2c(c1)OCCO2. The number of benzene rings is 2. The van der Waals surface area contributed by atoms with E-state index in [1.165, 1.54) is 5.56 Å². The highest BCUT2D eigenvalue weighted by atomic mass is 16.6. The quantitative estimate of drug-likeness (QED) is 0.644. The van der Waals surface area contributed by atoms with Crippen molar-refractivity contribution in [3.05, 3.63) is 65.7 Å². The van der Waals surface area contributed by atoms with E-state index in [-0.39, 0.29) is 24.5 Å². The molecular formula is C25H28N2O4. The number of ether oxygens (including phenoxy) is 2. The highest BCUT2D eigenvalue weighted by Crippen LogP contribution is 2.31. The van der Waals surface area contributed by atoms with Gasteiger partial charge in [-0.1, -0.05) is 42.5 Å². The van der Waals surface area contributed by atoms with E-state index in [1.807, 2.05) is 23.1 Å². The molecule has 31 heavy (non-hydrogen) atoms. The van der Waals surface area contributed by atoms with Gasteiger partial charge in [-0.2, -0.15) is 0 Å². The molecule has 0 spiro atoms. The topological polar surface area (TPSA) is 59.1 Å². The predicted octanol–water partition coefficient (Wildman–Crippen LogP) is 3.28. The van der Waals surface area contributed by atoms with Crippen molar-refractivity contribution in [1.29, 1.82) is 0 Å². The summed E-state index contributed by atoms with van der Waals surface area (Å²) >= 11 is 0. The van der Waals surface area contributed by atoms with Gasteiger partial charge in [0.25, 0.3) is 0 Å². The fourth-order valence-corrected chi connectivity index (χ4v) is 3.82. The van der Waals surface area contributed by atoms with Crippen LogP contribution in [0.3, 0.4) is 0 Å². The Labute approximate surface area is 183 Å². The maximum atomic E-state index is 12.6. The summed E-state index contributed by atoms with van der Waals surface area (Å²) in [5.74, 6) is 1.26. The predicted molar refractivity (Wildman–Crippen MR) is 119 cm³/mol. The molecule has 0 saturated carbocycles. The fraction of sp³-hybridized carbons (Fsp3) is 0.360. The molecule has 162 valence electrons. The van der Waals surface area contributed by atoms with Crippen LogP contribution < -0.4 is 9.47 Å². The standard InChI is InChI=1S/C25H28N2O4/c28-22(21-8-10-23-24(19-21)31-18-17-30-23)9-11-25(29)27-15-13-26(14-16-27)12-4-7-20-5-2-1-3-6-20/h1-8,10,19H,9,11-18H2/b7-4+. The first kappa shape index (κ1) is 21.1. The Morgan fingerprint density at radius 1 is 0.871 bits per heavy atom. The van der Waals surface area contributed by atoms with Gasteiger partial charge in [0.15, 0.2) is 17.3 Å². The minimum atomic E-state index is -0.0463. The molecule has 1 amide bonds. The van der Waals surface area contributed by atoms with E-state index < -0.39 is 0 Å². The number of hydrogen-bond donors (Lipinski definition) is 0. The Morgan fingerprint density at radius 2 is 1.61 bits per heavy atom. The Balaban J connectivity index is 1.19. The van der Waals surface area contributed by atoms with Crippen molar-refractivity contribution in [3.63, 3.8) is 0 Å². The highest BCUT2D eigenvalue weighted by Gasteiger charge is 2.21. The second kappa shape index (κ2) is 10.3. The number of Topliss-reactive ketones (excluding diaryl/α,β-unsaturated/α-hetero) is 1. The molecule has 6 nitrogen and oxygen atoms in total. The zero-order valence-electron chi connectivity index (χ0n) is 17.7. The largest absolute Gasteiger partial charge is 0.486 e.